The molecule has 1 saturated heterocycles. The molecule has 5 rings (SSSR count). The van der Waals surface area contributed by atoms with Gasteiger partial charge in [0, 0.05) is 17.8 Å². The first-order valence-corrected chi connectivity index (χ1v) is 13.0. The Morgan fingerprint density at radius 2 is 1.94 bits per heavy atom. The van der Waals surface area contributed by atoms with Gasteiger partial charge in [-0.25, -0.2) is 4.99 Å². The summed E-state index contributed by atoms with van der Waals surface area (Å²) >= 11 is 1.42. The molecule has 0 radical (unpaired) electrons. The minimum Gasteiger partial charge on any atom is -0.467 e. The molecule has 2 aliphatic heterocycles. The highest BCUT2D eigenvalue weighted by atomic mass is 32.2. The Morgan fingerprint density at radius 1 is 1.14 bits per heavy atom. The van der Waals surface area contributed by atoms with Gasteiger partial charge in [0.25, 0.3) is 5.91 Å². The zero-order chi connectivity index (χ0) is 24.6. The molecule has 5 nitrogen and oxygen atoms in total. The van der Waals surface area contributed by atoms with Gasteiger partial charge in [0.1, 0.15) is 5.76 Å². The van der Waals surface area contributed by atoms with Gasteiger partial charge in [-0.3, -0.25) is 9.69 Å². The summed E-state index contributed by atoms with van der Waals surface area (Å²) < 4.78 is 5.53. The SMILES string of the molecule is CCN1c2ccc(/C=C3/SC(=Nc4ccccc4)N(Cc4ccco4)C3=O)cc2C(C)CC1(C)C. The Balaban J connectivity index is 1.49. The maximum Gasteiger partial charge on any atom is 0.267 e. The average molecular weight is 486 g/mol. The largest absolute Gasteiger partial charge is 0.467 e. The van der Waals surface area contributed by atoms with E-state index in [4.69, 9.17) is 9.41 Å². The molecular formula is C29H31N3O2S. The van der Waals surface area contributed by atoms with Gasteiger partial charge in [-0.05, 0) is 98.5 Å². The molecule has 0 saturated carbocycles. The topological polar surface area (TPSA) is 49.0 Å². The van der Waals surface area contributed by atoms with E-state index >= 15 is 0 Å². The molecule has 0 bridgehead atoms. The Hall–Kier alpha value is -3.25. The molecule has 0 aliphatic carbocycles. The third kappa shape index (κ3) is 4.67. The number of furan rings is 1. The number of fused-ring (bicyclic) bond motifs is 1. The van der Waals surface area contributed by atoms with Crippen LogP contribution in [0, 0.1) is 0 Å². The molecule has 35 heavy (non-hydrogen) atoms. The molecule has 3 aromatic rings. The van der Waals surface area contributed by atoms with Crippen LogP contribution < -0.4 is 4.90 Å². The average Bonchev–Trinajstić information content (AvgIpc) is 3.44. The summed E-state index contributed by atoms with van der Waals surface area (Å²) in [5.41, 5.74) is 4.64. The molecule has 1 atom stereocenters. The van der Waals surface area contributed by atoms with Crippen LogP contribution in [0.25, 0.3) is 6.08 Å². The number of thioether (sulfide) groups is 1. The fourth-order valence-electron chi connectivity index (χ4n) is 5.25. The monoisotopic (exact) mass is 485 g/mol. The maximum absolute atomic E-state index is 13.5. The number of amides is 1. The number of para-hydroxylation sites is 1. The van der Waals surface area contributed by atoms with Crippen molar-refractivity contribution in [1.82, 2.24) is 4.90 Å². The molecule has 1 fully saturated rings. The van der Waals surface area contributed by atoms with Crippen molar-refractivity contribution in [1.29, 1.82) is 0 Å². The van der Waals surface area contributed by atoms with Crippen molar-refractivity contribution < 1.29 is 9.21 Å². The van der Waals surface area contributed by atoms with Crippen molar-refractivity contribution in [3.63, 3.8) is 0 Å². The number of benzene rings is 2. The molecule has 6 heteroatoms. The van der Waals surface area contributed by atoms with Gasteiger partial charge >= 0.3 is 0 Å². The minimum atomic E-state index is -0.0526. The number of hydrogen-bond acceptors (Lipinski definition) is 5. The second-order valence-corrected chi connectivity index (χ2v) is 10.8. The van der Waals surface area contributed by atoms with Crippen molar-refractivity contribution in [2.24, 2.45) is 4.99 Å². The van der Waals surface area contributed by atoms with E-state index < -0.39 is 0 Å². The molecular weight excluding hydrogens is 454 g/mol. The van der Waals surface area contributed by atoms with E-state index in [0.717, 1.165) is 30.0 Å². The summed E-state index contributed by atoms with van der Waals surface area (Å²) in [6.45, 7) is 10.5. The molecule has 1 aromatic heterocycles. The first-order chi connectivity index (χ1) is 16.9. The third-order valence-corrected chi connectivity index (χ3v) is 7.79. The highest BCUT2D eigenvalue weighted by Gasteiger charge is 2.36. The van der Waals surface area contributed by atoms with E-state index in [0.29, 0.717) is 22.5 Å². The summed E-state index contributed by atoms with van der Waals surface area (Å²) in [6, 6.07) is 20.0. The standard InChI is InChI=1S/C29H31N3O2S/c1-5-32-25-14-13-21(16-24(25)20(2)18-29(32,3)4)17-26-27(33)31(19-23-12-9-15-34-23)28(35-26)30-22-10-7-6-8-11-22/h6-17,20H,5,18-19H2,1-4H3/b26-17+,30-28?. The Labute approximate surface area is 211 Å². The van der Waals surface area contributed by atoms with Gasteiger partial charge in [0.2, 0.25) is 0 Å². The lowest BCUT2D eigenvalue weighted by atomic mass is 9.79. The minimum absolute atomic E-state index is 0.0526. The Bertz CT molecular complexity index is 1280. The summed E-state index contributed by atoms with van der Waals surface area (Å²) in [5.74, 6) is 1.13. The molecule has 180 valence electrons. The first-order valence-electron chi connectivity index (χ1n) is 12.1. The third-order valence-electron chi connectivity index (χ3n) is 6.79. The Kier molecular flexibility index (Phi) is 6.32. The van der Waals surface area contributed by atoms with Crippen LogP contribution in [0.2, 0.25) is 0 Å². The van der Waals surface area contributed by atoms with Crippen molar-refractivity contribution >= 4 is 40.3 Å². The van der Waals surface area contributed by atoms with Crippen LogP contribution in [-0.4, -0.2) is 28.1 Å². The smallest absolute Gasteiger partial charge is 0.267 e. The fourth-order valence-corrected chi connectivity index (χ4v) is 6.25. The van der Waals surface area contributed by atoms with E-state index in [1.165, 1.54) is 23.0 Å². The second kappa shape index (κ2) is 9.42. The van der Waals surface area contributed by atoms with Crippen LogP contribution >= 0.6 is 11.8 Å². The lowest BCUT2D eigenvalue weighted by molar-refractivity contribution is -0.122. The van der Waals surface area contributed by atoms with Crippen LogP contribution in [0.3, 0.4) is 0 Å². The number of aliphatic imine (C=N–C) groups is 1. The molecule has 1 unspecified atom stereocenters. The lowest BCUT2D eigenvalue weighted by Gasteiger charge is -2.47. The van der Waals surface area contributed by atoms with Crippen LogP contribution in [-0.2, 0) is 11.3 Å². The van der Waals surface area contributed by atoms with E-state index in [1.54, 1.807) is 11.2 Å². The van der Waals surface area contributed by atoms with Gasteiger partial charge in [0.05, 0.1) is 23.4 Å². The van der Waals surface area contributed by atoms with Gasteiger partial charge < -0.3 is 9.32 Å². The summed E-state index contributed by atoms with van der Waals surface area (Å²) in [4.78, 5) is 23.1. The van der Waals surface area contributed by atoms with Crippen molar-refractivity contribution in [2.75, 3.05) is 11.4 Å². The Morgan fingerprint density at radius 3 is 2.66 bits per heavy atom. The quantitative estimate of drug-likeness (QED) is 0.359. The molecule has 3 heterocycles. The number of amidine groups is 1. The number of nitrogens with zero attached hydrogens (tertiary/aromatic N) is 3. The lowest BCUT2D eigenvalue weighted by Crippen LogP contribution is -2.48. The molecule has 0 spiro atoms. The summed E-state index contributed by atoms with van der Waals surface area (Å²) in [5, 5.41) is 0.661. The number of hydrogen-bond donors (Lipinski definition) is 0. The van der Waals surface area contributed by atoms with Gasteiger partial charge in [-0.15, -0.1) is 0 Å². The number of anilines is 1. The molecule has 0 N–H and O–H groups in total. The fraction of sp³-hybridized carbons (Fsp3) is 0.310. The highest BCUT2D eigenvalue weighted by molar-refractivity contribution is 8.18. The summed E-state index contributed by atoms with van der Waals surface area (Å²) in [6.07, 6.45) is 4.73. The van der Waals surface area contributed by atoms with Crippen molar-refractivity contribution in [3.8, 4) is 0 Å². The normalized spacial score (nSPS) is 21.7. The van der Waals surface area contributed by atoms with Crippen molar-refractivity contribution in [3.05, 3.63) is 88.7 Å². The zero-order valence-corrected chi connectivity index (χ0v) is 21.5. The maximum atomic E-state index is 13.5. The van der Waals surface area contributed by atoms with Crippen LogP contribution in [0.1, 0.15) is 56.9 Å². The zero-order valence-electron chi connectivity index (χ0n) is 20.7. The predicted octanol–water partition coefficient (Wildman–Crippen LogP) is 7.20. The second-order valence-electron chi connectivity index (χ2n) is 9.79. The molecule has 2 aliphatic rings. The van der Waals surface area contributed by atoms with Crippen LogP contribution in [0.4, 0.5) is 11.4 Å². The number of rotatable bonds is 5. The van der Waals surface area contributed by atoms with E-state index in [2.05, 4.69) is 50.8 Å². The van der Waals surface area contributed by atoms with Gasteiger partial charge in [0.15, 0.2) is 5.17 Å². The number of carbonyl (C=O) groups excluding carboxylic acids is 1. The van der Waals surface area contributed by atoms with E-state index in [9.17, 15) is 4.79 Å². The van der Waals surface area contributed by atoms with Gasteiger partial charge in [-0.2, -0.15) is 0 Å². The van der Waals surface area contributed by atoms with Gasteiger partial charge in [-0.1, -0.05) is 31.2 Å². The molecule has 1 amide bonds. The van der Waals surface area contributed by atoms with Crippen LogP contribution in [0.15, 0.2) is 81.2 Å². The number of carbonyl (C=O) groups is 1. The van der Waals surface area contributed by atoms with Crippen LogP contribution in [0.5, 0.6) is 0 Å². The van der Waals surface area contributed by atoms with Crippen molar-refractivity contribution in [2.45, 2.75) is 52.1 Å². The predicted molar refractivity (Wildman–Crippen MR) is 145 cm³/mol. The summed E-state index contributed by atoms with van der Waals surface area (Å²) in [7, 11) is 0. The molecule has 2 aromatic carbocycles. The first kappa shape index (κ1) is 23.5. The highest BCUT2D eigenvalue weighted by Crippen LogP contribution is 2.44. The van der Waals surface area contributed by atoms with E-state index in [-0.39, 0.29) is 11.4 Å². The van der Waals surface area contributed by atoms with E-state index in [1.807, 2.05) is 48.5 Å².